The third-order valence-electron chi connectivity index (χ3n) is 3.64. The third kappa shape index (κ3) is 2.75. The molecule has 0 fully saturated rings. The second kappa shape index (κ2) is 4.99. The molecular weight excluding hydrogens is 284 g/mol. The van der Waals surface area contributed by atoms with E-state index in [4.69, 9.17) is 16.3 Å². The van der Waals surface area contributed by atoms with Crippen LogP contribution in [0.25, 0.3) is 11.4 Å². The van der Waals surface area contributed by atoms with E-state index in [1.807, 2.05) is 18.2 Å². The quantitative estimate of drug-likeness (QED) is 0.758. The Bertz CT molecular complexity index is 695. The molecule has 1 aliphatic rings. The summed E-state index contributed by atoms with van der Waals surface area (Å²) < 4.78 is 6.10. The van der Waals surface area contributed by atoms with Gasteiger partial charge in [0, 0.05) is 12.1 Å². The fourth-order valence-corrected chi connectivity index (χ4v) is 2.83. The van der Waals surface area contributed by atoms with Gasteiger partial charge in [0.05, 0.1) is 5.56 Å². The van der Waals surface area contributed by atoms with Crippen molar-refractivity contribution in [2.75, 3.05) is 0 Å². The summed E-state index contributed by atoms with van der Waals surface area (Å²) >= 11 is 6.16. The van der Waals surface area contributed by atoms with Crippen LogP contribution in [0.2, 0.25) is 5.15 Å². The van der Waals surface area contributed by atoms with E-state index in [1.165, 1.54) is 5.56 Å². The number of aromatic nitrogens is 2. The Balaban J connectivity index is 2.13. The van der Waals surface area contributed by atoms with Crippen molar-refractivity contribution in [1.29, 1.82) is 0 Å². The Morgan fingerprint density at radius 1 is 1.24 bits per heavy atom. The molecule has 2 aromatic rings. The van der Waals surface area contributed by atoms with Crippen molar-refractivity contribution in [3.05, 3.63) is 40.7 Å². The lowest BCUT2D eigenvalue weighted by molar-refractivity contribution is 0.139. The summed E-state index contributed by atoms with van der Waals surface area (Å²) in [5, 5.41) is 0.471. The van der Waals surface area contributed by atoms with Crippen LogP contribution < -0.4 is 4.74 Å². The van der Waals surface area contributed by atoms with Crippen LogP contribution in [0.15, 0.2) is 24.3 Å². The molecule has 0 saturated carbocycles. The average Bonchev–Trinajstić information content (AvgIpc) is 2.71. The Labute approximate surface area is 130 Å². The monoisotopic (exact) mass is 302 g/mol. The smallest absolute Gasteiger partial charge is 0.164 e. The summed E-state index contributed by atoms with van der Waals surface area (Å²) in [6.07, 6.45) is 0.897. The number of rotatable bonds is 2. The number of hydrogen-bond acceptors (Lipinski definition) is 3. The third-order valence-corrected chi connectivity index (χ3v) is 3.83. The van der Waals surface area contributed by atoms with Crippen molar-refractivity contribution in [2.45, 2.75) is 45.6 Å². The minimum absolute atomic E-state index is 0.183. The standard InChI is InChI=1S/C17H19ClN2O/c1-10(2)13-8-14(18)20-16(19-13)12-7-5-6-11-9-17(3,4)21-15(11)12/h5-8,10H,9H2,1-4H3. The molecule has 3 rings (SSSR count). The highest BCUT2D eigenvalue weighted by molar-refractivity contribution is 6.29. The SMILES string of the molecule is CC(C)c1cc(Cl)nc(-c2cccc3c2OC(C)(C)C3)n1. The molecule has 0 bridgehead atoms. The van der Waals surface area contributed by atoms with E-state index in [0.29, 0.717) is 16.9 Å². The first kappa shape index (κ1) is 14.3. The molecule has 0 saturated heterocycles. The molecule has 0 radical (unpaired) electrons. The Kier molecular flexibility index (Phi) is 3.40. The molecule has 110 valence electrons. The highest BCUT2D eigenvalue weighted by Crippen LogP contribution is 2.41. The van der Waals surface area contributed by atoms with E-state index in [2.05, 4.69) is 43.7 Å². The summed E-state index contributed by atoms with van der Waals surface area (Å²) in [5.41, 5.74) is 2.88. The average molecular weight is 303 g/mol. The first-order valence-corrected chi connectivity index (χ1v) is 7.59. The van der Waals surface area contributed by atoms with E-state index in [9.17, 15) is 0 Å². The zero-order chi connectivity index (χ0) is 15.2. The maximum absolute atomic E-state index is 6.16. The Morgan fingerprint density at radius 2 is 2.00 bits per heavy atom. The van der Waals surface area contributed by atoms with Gasteiger partial charge in [0.1, 0.15) is 16.5 Å². The van der Waals surface area contributed by atoms with Gasteiger partial charge in [-0.05, 0) is 37.5 Å². The lowest BCUT2D eigenvalue weighted by Crippen LogP contribution is -2.24. The van der Waals surface area contributed by atoms with Gasteiger partial charge in [-0.3, -0.25) is 0 Å². The fourth-order valence-electron chi connectivity index (χ4n) is 2.64. The van der Waals surface area contributed by atoms with Crippen molar-refractivity contribution >= 4 is 11.6 Å². The molecule has 0 spiro atoms. The largest absolute Gasteiger partial charge is 0.486 e. The molecule has 21 heavy (non-hydrogen) atoms. The second-order valence-corrected chi connectivity index (χ2v) is 6.81. The highest BCUT2D eigenvalue weighted by Gasteiger charge is 2.32. The normalized spacial score (nSPS) is 15.9. The van der Waals surface area contributed by atoms with Crippen molar-refractivity contribution in [1.82, 2.24) is 9.97 Å². The van der Waals surface area contributed by atoms with E-state index in [-0.39, 0.29) is 5.60 Å². The maximum Gasteiger partial charge on any atom is 0.164 e. The molecule has 0 amide bonds. The van der Waals surface area contributed by atoms with Gasteiger partial charge in [0.15, 0.2) is 5.82 Å². The van der Waals surface area contributed by atoms with Crippen LogP contribution in [0.1, 0.15) is 44.9 Å². The Morgan fingerprint density at radius 3 is 2.71 bits per heavy atom. The summed E-state index contributed by atoms with van der Waals surface area (Å²) in [6.45, 7) is 8.37. The molecule has 0 unspecified atom stereocenters. The van der Waals surface area contributed by atoms with Gasteiger partial charge < -0.3 is 4.74 Å². The number of hydrogen-bond donors (Lipinski definition) is 0. The topological polar surface area (TPSA) is 35.0 Å². The van der Waals surface area contributed by atoms with Gasteiger partial charge in [-0.25, -0.2) is 9.97 Å². The van der Waals surface area contributed by atoms with Gasteiger partial charge in [-0.15, -0.1) is 0 Å². The lowest BCUT2D eigenvalue weighted by atomic mass is 10.0. The van der Waals surface area contributed by atoms with Gasteiger partial charge in [-0.2, -0.15) is 0 Å². The van der Waals surface area contributed by atoms with Gasteiger partial charge in [0.2, 0.25) is 0 Å². The molecule has 0 N–H and O–H groups in total. The van der Waals surface area contributed by atoms with Crippen LogP contribution >= 0.6 is 11.6 Å². The minimum Gasteiger partial charge on any atom is -0.486 e. The molecule has 0 atom stereocenters. The zero-order valence-electron chi connectivity index (χ0n) is 12.8. The number of nitrogens with zero attached hydrogens (tertiary/aromatic N) is 2. The first-order chi connectivity index (χ1) is 9.85. The molecular formula is C17H19ClN2O. The number of halogens is 1. The van der Waals surface area contributed by atoms with Crippen molar-refractivity contribution in [2.24, 2.45) is 0 Å². The number of fused-ring (bicyclic) bond motifs is 1. The summed E-state index contributed by atoms with van der Waals surface area (Å²) in [5.74, 6) is 1.83. The summed E-state index contributed by atoms with van der Waals surface area (Å²) in [6, 6.07) is 7.94. The van der Waals surface area contributed by atoms with E-state index in [1.54, 1.807) is 0 Å². The Hall–Kier alpha value is -1.61. The van der Waals surface area contributed by atoms with Crippen molar-refractivity contribution < 1.29 is 4.74 Å². The van der Waals surface area contributed by atoms with Gasteiger partial charge in [0.25, 0.3) is 0 Å². The van der Waals surface area contributed by atoms with Crippen LogP contribution in [0.5, 0.6) is 5.75 Å². The molecule has 3 nitrogen and oxygen atoms in total. The van der Waals surface area contributed by atoms with Crippen LogP contribution in [-0.2, 0) is 6.42 Å². The van der Waals surface area contributed by atoms with E-state index in [0.717, 1.165) is 23.4 Å². The van der Waals surface area contributed by atoms with Crippen LogP contribution in [-0.4, -0.2) is 15.6 Å². The summed E-state index contributed by atoms with van der Waals surface area (Å²) in [7, 11) is 0. The molecule has 4 heteroatoms. The number of para-hydroxylation sites is 1. The fraction of sp³-hybridized carbons (Fsp3) is 0.412. The predicted molar refractivity (Wildman–Crippen MR) is 85.0 cm³/mol. The van der Waals surface area contributed by atoms with E-state index < -0.39 is 0 Å². The van der Waals surface area contributed by atoms with E-state index >= 15 is 0 Å². The molecule has 2 heterocycles. The highest BCUT2D eigenvalue weighted by atomic mass is 35.5. The van der Waals surface area contributed by atoms with Crippen molar-refractivity contribution in [3.8, 4) is 17.1 Å². The van der Waals surface area contributed by atoms with Crippen LogP contribution in [0, 0.1) is 0 Å². The second-order valence-electron chi connectivity index (χ2n) is 6.43. The molecule has 1 aliphatic heterocycles. The van der Waals surface area contributed by atoms with Gasteiger partial charge >= 0.3 is 0 Å². The zero-order valence-corrected chi connectivity index (χ0v) is 13.5. The number of ether oxygens (including phenoxy) is 1. The minimum atomic E-state index is -0.183. The molecule has 0 aliphatic carbocycles. The van der Waals surface area contributed by atoms with Crippen LogP contribution in [0.3, 0.4) is 0 Å². The van der Waals surface area contributed by atoms with Crippen molar-refractivity contribution in [3.63, 3.8) is 0 Å². The molecule has 1 aromatic carbocycles. The molecule has 1 aromatic heterocycles. The summed E-state index contributed by atoms with van der Waals surface area (Å²) in [4.78, 5) is 9.04. The number of benzene rings is 1. The lowest BCUT2D eigenvalue weighted by Gasteiger charge is -2.18. The van der Waals surface area contributed by atoms with Crippen LogP contribution in [0.4, 0.5) is 0 Å². The van der Waals surface area contributed by atoms with Gasteiger partial charge in [-0.1, -0.05) is 37.6 Å². The predicted octanol–water partition coefficient (Wildman–Crippen LogP) is 4.63. The first-order valence-electron chi connectivity index (χ1n) is 7.21. The maximum atomic E-state index is 6.16.